The maximum absolute atomic E-state index is 14.9. The van der Waals surface area contributed by atoms with Crippen LogP contribution in [0.4, 0.5) is 26.1 Å². The van der Waals surface area contributed by atoms with Gasteiger partial charge in [-0.3, -0.25) is 9.71 Å². The average molecular weight is 478 g/mol. The molecule has 0 spiro atoms. The van der Waals surface area contributed by atoms with Gasteiger partial charge in [0, 0.05) is 31.9 Å². The van der Waals surface area contributed by atoms with Crippen LogP contribution in [-0.2, 0) is 16.6 Å². The second-order valence-corrected chi connectivity index (χ2v) is 8.65. The minimum Gasteiger partial charge on any atom is -0.484 e. The highest BCUT2D eigenvalue weighted by atomic mass is 32.2. The van der Waals surface area contributed by atoms with Crippen molar-refractivity contribution < 1.29 is 26.7 Å². The number of rotatable bonds is 7. The van der Waals surface area contributed by atoms with Crippen molar-refractivity contribution in [3.8, 4) is 11.6 Å². The molecule has 10 nitrogen and oxygen atoms in total. The molecule has 4 heterocycles. The molecule has 0 fully saturated rings. The number of nitrogens with zero attached hydrogens (tertiary/aromatic N) is 3. The maximum atomic E-state index is 14.9. The molecule has 3 aromatic heterocycles. The van der Waals surface area contributed by atoms with Gasteiger partial charge >= 0.3 is 0 Å². The average Bonchev–Trinajstić information content (AvgIpc) is 2.79. The van der Waals surface area contributed by atoms with Crippen LogP contribution in [0.15, 0.2) is 30.7 Å². The lowest BCUT2D eigenvalue weighted by molar-refractivity contribution is 0.163. The van der Waals surface area contributed by atoms with E-state index in [4.69, 9.17) is 9.47 Å². The summed E-state index contributed by atoms with van der Waals surface area (Å²) in [5.74, 6) is -1.53. The van der Waals surface area contributed by atoms with Crippen LogP contribution in [0.25, 0.3) is 0 Å². The lowest BCUT2D eigenvalue weighted by Crippen LogP contribution is -2.27. The van der Waals surface area contributed by atoms with Gasteiger partial charge in [-0.2, -0.15) is 13.4 Å². The molecule has 1 aliphatic heterocycles. The third kappa shape index (κ3) is 4.93. The molecule has 33 heavy (non-hydrogen) atoms. The maximum Gasteiger partial charge on any atom is 0.300 e. The van der Waals surface area contributed by atoms with E-state index >= 15 is 0 Å². The van der Waals surface area contributed by atoms with E-state index in [1.165, 1.54) is 31.6 Å². The van der Waals surface area contributed by atoms with Gasteiger partial charge in [0.25, 0.3) is 16.1 Å². The molecule has 0 saturated carbocycles. The Morgan fingerprint density at radius 3 is 2.70 bits per heavy atom. The summed E-state index contributed by atoms with van der Waals surface area (Å²) in [6.45, 7) is 2.39. The lowest BCUT2D eigenvalue weighted by Gasteiger charge is -2.19. The van der Waals surface area contributed by atoms with Crippen LogP contribution in [0.1, 0.15) is 16.7 Å². The Kier molecular flexibility index (Phi) is 6.24. The van der Waals surface area contributed by atoms with E-state index in [0.29, 0.717) is 30.0 Å². The predicted octanol–water partition coefficient (Wildman–Crippen LogP) is 2.44. The minimum atomic E-state index is -3.93. The molecule has 3 N–H and O–H groups in total. The van der Waals surface area contributed by atoms with Crippen LogP contribution >= 0.6 is 0 Å². The predicted molar refractivity (Wildman–Crippen MR) is 116 cm³/mol. The number of hydrogen-bond donors (Lipinski definition) is 3. The van der Waals surface area contributed by atoms with Gasteiger partial charge in [-0.05, 0) is 29.7 Å². The number of nitrogens with one attached hydrogen (secondary N) is 3. The highest BCUT2D eigenvalue weighted by molar-refractivity contribution is 7.90. The number of aromatic nitrogens is 3. The molecular weight excluding hydrogens is 458 g/mol. The van der Waals surface area contributed by atoms with E-state index < -0.39 is 27.7 Å². The fourth-order valence-corrected chi connectivity index (χ4v) is 3.61. The summed E-state index contributed by atoms with van der Waals surface area (Å²) in [6, 6.07) is 2.63. The van der Waals surface area contributed by atoms with Crippen LogP contribution in [0.2, 0.25) is 0 Å². The Bertz CT molecular complexity index is 1310. The van der Waals surface area contributed by atoms with Crippen LogP contribution in [0.3, 0.4) is 0 Å². The molecule has 3 aromatic rings. The standard InChI is InChI=1S/C20H20F2N6O4S/c1-11-13(7-12-3-4-25-19(17(12)22)28-33(29,30)23-2)9-24-10-15(11)26-18-14(21)8-16-20(27-18)32-6-5-31-16/h3-4,8-10,23H,5-7H2,1-2H3,(H,25,28)(H,26,27). The summed E-state index contributed by atoms with van der Waals surface area (Å²) >= 11 is 0. The molecule has 0 amide bonds. The monoisotopic (exact) mass is 478 g/mol. The van der Waals surface area contributed by atoms with Gasteiger partial charge in [-0.1, -0.05) is 0 Å². The van der Waals surface area contributed by atoms with Gasteiger partial charge in [-0.25, -0.2) is 18.5 Å². The Hall–Kier alpha value is -3.58. The van der Waals surface area contributed by atoms with Crippen LogP contribution < -0.4 is 24.2 Å². The fraction of sp³-hybridized carbons (Fsp3) is 0.250. The molecule has 0 radical (unpaired) electrons. The Balaban J connectivity index is 1.60. The quantitative estimate of drug-likeness (QED) is 0.473. The van der Waals surface area contributed by atoms with Crippen molar-refractivity contribution in [3.63, 3.8) is 0 Å². The van der Waals surface area contributed by atoms with Crippen molar-refractivity contribution >= 4 is 27.5 Å². The van der Waals surface area contributed by atoms with E-state index in [1.54, 1.807) is 13.1 Å². The molecule has 0 aliphatic carbocycles. The zero-order valence-electron chi connectivity index (χ0n) is 17.6. The van der Waals surface area contributed by atoms with Crippen molar-refractivity contribution in [2.45, 2.75) is 13.3 Å². The first-order valence-electron chi connectivity index (χ1n) is 9.78. The van der Waals surface area contributed by atoms with Gasteiger partial charge in [0.2, 0.25) is 0 Å². The normalized spacial score (nSPS) is 13.0. The number of fused-ring (bicyclic) bond motifs is 1. The Morgan fingerprint density at radius 1 is 1.12 bits per heavy atom. The van der Waals surface area contributed by atoms with Crippen LogP contribution in [0, 0.1) is 18.6 Å². The topological polar surface area (TPSA) is 127 Å². The first kappa shape index (κ1) is 22.6. The molecule has 0 saturated heterocycles. The van der Waals surface area contributed by atoms with E-state index in [0.717, 1.165) is 0 Å². The lowest BCUT2D eigenvalue weighted by atomic mass is 10.0. The summed E-state index contributed by atoms with van der Waals surface area (Å²) in [4.78, 5) is 12.0. The molecule has 1 aliphatic rings. The summed E-state index contributed by atoms with van der Waals surface area (Å²) in [5.41, 5.74) is 1.96. The zero-order chi connectivity index (χ0) is 23.6. The van der Waals surface area contributed by atoms with Crippen LogP contribution in [-0.4, -0.2) is 43.6 Å². The van der Waals surface area contributed by atoms with E-state index in [-0.39, 0.29) is 29.4 Å². The third-order valence-corrected chi connectivity index (χ3v) is 5.91. The molecule has 4 rings (SSSR count). The number of anilines is 3. The zero-order valence-corrected chi connectivity index (χ0v) is 18.5. The minimum absolute atomic E-state index is 0.0693. The van der Waals surface area contributed by atoms with E-state index in [9.17, 15) is 17.2 Å². The van der Waals surface area contributed by atoms with Crippen molar-refractivity contribution in [1.29, 1.82) is 0 Å². The van der Waals surface area contributed by atoms with Gasteiger partial charge < -0.3 is 14.8 Å². The number of halogens is 2. The first-order valence-corrected chi connectivity index (χ1v) is 11.3. The first-order chi connectivity index (χ1) is 15.8. The molecule has 13 heteroatoms. The van der Waals surface area contributed by atoms with Crippen molar-refractivity contribution in [2.24, 2.45) is 0 Å². The van der Waals surface area contributed by atoms with Gasteiger partial charge in [0.15, 0.2) is 29.0 Å². The summed E-state index contributed by atoms with van der Waals surface area (Å²) in [7, 11) is -2.74. The number of pyridine rings is 3. The molecular formula is C20H20F2N6O4S. The third-order valence-electron chi connectivity index (χ3n) is 4.91. The second kappa shape index (κ2) is 9.11. The van der Waals surface area contributed by atoms with Gasteiger partial charge in [-0.15, -0.1) is 0 Å². The van der Waals surface area contributed by atoms with Crippen LogP contribution in [0.5, 0.6) is 11.6 Å². The molecule has 0 bridgehead atoms. The number of ether oxygens (including phenoxy) is 2. The van der Waals surface area contributed by atoms with E-state index in [2.05, 4.69) is 20.3 Å². The Morgan fingerprint density at radius 2 is 1.91 bits per heavy atom. The second-order valence-electron chi connectivity index (χ2n) is 7.03. The van der Waals surface area contributed by atoms with E-state index in [1.807, 2.05) is 9.44 Å². The summed E-state index contributed by atoms with van der Waals surface area (Å²) in [6.07, 6.45) is 4.43. The van der Waals surface area contributed by atoms with Gasteiger partial charge in [0.1, 0.15) is 13.2 Å². The SMILES string of the molecule is CNS(=O)(=O)Nc1nccc(Cc2cncc(Nc3nc4c(cc3F)OCCO4)c2C)c1F. The molecule has 0 unspecified atom stereocenters. The fourth-order valence-electron chi connectivity index (χ4n) is 3.11. The number of hydrogen-bond acceptors (Lipinski definition) is 8. The largest absolute Gasteiger partial charge is 0.484 e. The Labute approximate surface area is 188 Å². The highest BCUT2D eigenvalue weighted by Gasteiger charge is 2.20. The molecule has 0 aromatic carbocycles. The molecule has 0 atom stereocenters. The van der Waals surface area contributed by atoms with Gasteiger partial charge in [0.05, 0.1) is 11.9 Å². The van der Waals surface area contributed by atoms with Crippen molar-refractivity contribution in [3.05, 3.63) is 59.0 Å². The van der Waals surface area contributed by atoms with Crippen molar-refractivity contribution in [2.75, 3.05) is 30.3 Å². The highest BCUT2D eigenvalue weighted by Crippen LogP contribution is 2.33. The summed E-state index contributed by atoms with van der Waals surface area (Å²) < 4.78 is 67.5. The molecule has 174 valence electrons. The smallest absolute Gasteiger partial charge is 0.300 e. The summed E-state index contributed by atoms with van der Waals surface area (Å²) in [5, 5.41) is 2.89. The van der Waals surface area contributed by atoms with Crippen molar-refractivity contribution in [1.82, 2.24) is 19.7 Å².